The zero-order valence-electron chi connectivity index (χ0n) is 23.1. The van der Waals surface area contributed by atoms with E-state index in [1.54, 1.807) is 0 Å². The molecule has 2 atom stereocenters. The van der Waals surface area contributed by atoms with Crippen LogP contribution in [0.4, 0.5) is 8.78 Å². The minimum absolute atomic E-state index is 0.00388. The summed E-state index contributed by atoms with van der Waals surface area (Å²) in [6, 6.07) is 12.4. The summed E-state index contributed by atoms with van der Waals surface area (Å²) in [4.78, 5) is 14.8. The van der Waals surface area contributed by atoms with E-state index in [4.69, 9.17) is 14.6 Å². The summed E-state index contributed by atoms with van der Waals surface area (Å²) >= 11 is 0. The number of aromatic nitrogens is 1. The minimum atomic E-state index is -0.781. The third kappa shape index (κ3) is 6.94. The highest BCUT2D eigenvalue weighted by atomic mass is 19.1. The average Bonchev–Trinajstić information content (AvgIpc) is 3.25. The number of carbonyl (C=O) groups is 1. The maximum atomic E-state index is 15.5. The number of carboxylic acid groups (broad SMARTS) is 1. The van der Waals surface area contributed by atoms with Gasteiger partial charge in [-0.05, 0) is 83.9 Å². The topological polar surface area (TPSA) is 68.7 Å². The van der Waals surface area contributed by atoms with Gasteiger partial charge in [0.15, 0.2) is 0 Å². The van der Waals surface area contributed by atoms with Crippen molar-refractivity contribution >= 4 is 5.97 Å². The lowest BCUT2D eigenvalue weighted by molar-refractivity contribution is -0.138. The molecule has 1 heterocycles. The van der Waals surface area contributed by atoms with E-state index in [0.717, 1.165) is 49.4 Å². The summed E-state index contributed by atoms with van der Waals surface area (Å²) in [5.41, 5.74) is 3.22. The number of pyridine rings is 1. The van der Waals surface area contributed by atoms with Crippen molar-refractivity contribution < 1.29 is 28.2 Å². The van der Waals surface area contributed by atoms with E-state index in [9.17, 15) is 9.18 Å². The number of hydrogen-bond donors (Lipinski definition) is 1. The molecular formula is C32H37F2NO4. The largest absolute Gasteiger partial charge is 0.489 e. The molecule has 5 nitrogen and oxygen atoms in total. The van der Waals surface area contributed by atoms with Crippen LogP contribution in [0.2, 0.25) is 0 Å². The van der Waals surface area contributed by atoms with Crippen LogP contribution < -0.4 is 9.47 Å². The molecule has 1 aliphatic rings. The smallest absolute Gasteiger partial charge is 0.303 e. The Morgan fingerprint density at radius 1 is 1.13 bits per heavy atom. The molecule has 7 heteroatoms. The summed E-state index contributed by atoms with van der Waals surface area (Å²) in [6.07, 6.45) is 5.89. The fourth-order valence-corrected chi connectivity index (χ4v) is 5.64. The molecule has 208 valence electrons. The second kappa shape index (κ2) is 12.1. The van der Waals surface area contributed by atoms with Crippen LogP contribution in [0.15, 0.2) is 48.7 Å². The van der Waals surface area contributed by atoms with Crippen molar-refractivity contribution in [3.63, 3.8) is 0 Å². The van der Waals surface area contributed by atoms with Crippen LogP contribution in [-0.2, 0) is 17.8 Å². The maximum Gasteiger partial charge on any atom is 0.303 e. The van der Waals surface area contributed by atoms with Gasteiger partial charge < -0.3 is 14.6 Å². The predicted molar refractivity (Wildman–Crippen MR) is 147 cm³/mol. The highest BCUT2D eigenvalue weighted by molar-refractivity contribution is 5.70. The van der Waals surface area contributed by atoms with Crippen LogP contribution in [0.1, 0.15) is 75.5 Å². The summed E-state index contributed by atoms with van der Waals surface area (Å²) in [6.45, 7) is 6.40. The van der Waals surface area contributed by atoms with Crippen molar-refractivity contribution in [3.05, 3.63) is 77.0 Å². The summed E-state index contributed by atoms with van der Waals surface area (Å²) in [5.74, 6) is -0.614. The normalized spacial score (nSPS) is 17.1. The number of hydrogen-bond acceptors (Lipinski definition) is 4. The zero-order chi connectivity index (χ0) is 28.2. The van der Waals surface area contributed by atoms with Crippen molar-refractivity contribution in [3.8, 4) is 22.8 Å². The van der Waals surface area contributed by atoms with Gasteiger partial charge in [-0.25, -0.2) is 13.8 Å². The molecule has 0 aliphatic heterocycles. The Morgan fingerprint density at radius 3 is 2.51 bits per heavy atom. The molecular weight excluding hydrogens is 500 g/mol. The number of rotatable bonds is 11. The molecule has 0 saturated heterocycles. The fourth-order valence-electron chi connectivity index (χ4n) is 5.64. The standard InChI is InChI=1S/C32H37F2NO4/c1-20(14-31(36)37)7-8-21-9-11-23(12-10-21)39-19-22-15-25(27-6-5-13-32(27,2)3)24(16-28(22)33)26-17-30(38-4)35-18-29(26)34/h9-12,15-18,20,27H,5-8,13-14,19H2,1-4H3,(H,36,37)/t20-,27-/m0/s1. The summed E-state index contributed by atoms with van der Waals surface area (Å²) in [7, 11) is 1.47. The first-order valence-electron chi connectivity index (χ1n) is 13.5. The Morgan fingerprint density at radius 2 is 1.87 bits per heavy atom. The highest BCUT2D eigenvalue weighted by Gasteiger charge is 2.37. The Labute approximate surface area is 229 Å². The Bertz CT molecular complexity index is 1310. The Hall–Kier alpha value is -3.48. The van der Waals surface area contributed by atoms with Gasteiger partial charge in [0.05, 0.1) is 13.3 Å². The first kappa shape index (κ1) is 28.5. The van der Waals surface area contributed by atoms with Gasteiger partial charge >= 0.3 is 5.97 Å². The third-order valence-electron chi connectivity index (χ3n) is 7.95. The van der Waals surface area contributed by atoms with Crippen molar-refractivity contribution in [1.29, 1.82) is 0 Å². The van der Waals surface area contributed by atoms with Gasteiger partial charge in [0.1, 0.15) is 24.0 Å². The molecule has 0 bridgehead atoms. The number of carboxylic acids is 1. The molecule has 1 N–H and O–H groups in total. The Balaban J connectivity index is 1.56. The van der Waals surface area contributed by atoms with Crippen LogP contribution in [-0.4, -0.2) is 23.2 Å². The van der Waals surface area contributed by atoms with Crippen LogP contribution in [0.25, 0.3) is 11.1 Å². The maximum absolute atomic E-state index is 15.5. The van der Waals surface area contributed by atoms with Gasteiger partial charge in [0.2, 0.25) is 5.88 Å². The van der Waals surface area contributed by atoms with E-state index in [2.05, 4.69) is 18.8 Å². The van der Waals surface area contributed by atoms with Crippen LogP contribution in [0.3, 0.4) is 0 Å². The van der Waals surface area contributed by atoms with E-state index < -0.39 is 17.6 Å². The van der Waals surface area contributed by atoms with Gasteiger partial charge in [0, 0.05) is 23.6 Å². The van der Waals surface area contributed by atoms with Crippen molar-refractivity contribution in [2.75, 3.05) is 7.11 Å². The van der Waals surface area contributed by atoms with Crippen LogP contribution >= 0.6 is 0 Å². The molecule has 4 rings (SSSR count). The molecule has 1 aliphatic carbocycles. The van der Waals surface area contributed by atoms with Gasteiger partial charge in [0.25, 0.3) is 0 Å². The van der Waals surface area contributed by atoms with E-state index in [1.807, 2.05) is 37.3 Å². The predicted octanol–water partition coefficient (Wildman–Crippen LogP) is 7.95. The van der Waals surface area contributed by atoms with Gasteiger partial charge in [-0.1, -0.05) is 39.3 Å². The molecule has 0 amide bonds. The van der Waals surface area contributed by atoms with Gasteiger partial charge in [-0.3, -0.25) is 4.79 Å². The molecule has 0 radical (unpaired) electrons. The second-order valence-corrected chi connectivity index (χ2v) is 11.3. The molecule has 1 saturated carbocycles. The summed E-state index contributed by atoms with van der Waals surface area (Å²) in [5, 5.41) is 8.93. The van der Waals surface area contributed by atoms with Crippen molar-refractivity contribution in [1.82, 2.24) is 4.98 Å². The molecule has 0 spiro atoms. The van der Waals surface area contributed by atoms with Gasteiger partial charge in [-0.2, -0.15) is 0 Å². The Kier molecular flexibility index (Phi) is 8.88. The number of halogens is 2. The first-order valence-corrected chi connectivity index (χ1v) is 13.5. The quantitative estimate of drug-likeness (QED) is 0.269. The van der Waals surface area contributed by atoms with E-state index in [1.165, 1.54) is 19.2 Å². The van der Waals surface area contributed by atoms with Crippen LogP contribution in [0.5, 0.6) is 11.6 Å². The monoisotopic (exact) mass is 537 g/mol. The van der Waals surface area contributed by atoms with Crippen molar-refractivity contribution in [2.24, 2.45) is 11.3 Å². The highest BCUT2D eigenvalue weighted by Crippen LogP contribution is 2.51. The fraction of sp³-hybridized carbons (Fsp3) is 0.438. The SMILES string of the molecule is COc1cc(-c2cc(F)c(COc3ccc(CC[C@H](C)CC(=O)O)cc3)cc2[C@@H]2CCCC2(C)C)c(F)cn1. The van der Waals surface area contributed by atoms with E-state index >= 15 is 4.39 Å². The number of ether oxygens (including phenoxy) is 2. The molecule has 39 heavy (non-hydrogen) atoms. The third-order valence-corrected chi connectivity index (χ3v) is 7.95. The lowest BCUT2D eigenvalue weighted by atomic mass is 9.75. The molecule has 0 unspecified atom stereocenters. The lowest BCUT2D eigenvalue weighted by Gasteiger charge is -2.30. The number of benzene rings is 2. The van der Waals surface area contributed by atoms with E-state index in [-0.39, 0.29) is 41.7 Å². The van der Waals surface area contributed by atoms with Crippen molar-refractivity contribution in [2.45, 2.75) is 71.8 Å². The minimum Gasteiger partial charge on any atom is -0.489 e. The number of nitrogens with zero attached hydrogens (tertiary/aromatic N) is 1. The summed E-state index contributed by atoms with van der Waals surface area (Å²) < 4.78 is 41.6. The number of aryl methyl sites for hydroxylation is 1. The van der Waals surface area contributed by atoms with Crippen LogP contribution in [0, 0.1) is 23.0 Å². The lowest BCUT2D eigenvalue weighted by Crippen LogP contribution is -2.17. The molecule has 1 fully saturated rings. The molecule has 3 aromatic rings. The number of aliphatic carboxylic acids is 1. The van der Waals surface area contributed by atoms with E-state index in [0.29, 0.717) is 16.9 Å². The van der Waals surface area contributed by atoms with Gasteiger partial charge in [-0.15, -0.1) is 0 Å². The first-order chi connectivity index (χ1) is 18.6. The average molecular weight is 538 g/mol. The molecule has 1 aromatic heterocycles. The zero-order valence-corrected chi connectivity index (χ0v) is 23.1. The molecule has 2 aromatic carbocycles. The second-order valence-electron chi connectivity index (χ2n) is 11.3. The number of methoxy groups -OCH3 is 1.